The Hall–Kier alpha value is -1.78. The van der Waals surface area contributed by atoms with Crippen molar-refractivity contribution in [2.75, 3.05) is 5.32 Å². The molecule has 0 aliphatic rings. The molecule has 0 fully saturated rings. The molecular weight excluding hydrogens is 250 g/mol. The minimum absolute atomic E-state index is 0.443. The minimum atomic E-state index is 0.443. The molecule has 0 aliphatic carbocycles. The van der Waals surface area contributed by atoms with E-state index in [1.165, 1.54) is 5.69 Å². The van der Waals surface area contributed by atoms with Crippen LogP contribution in [0.3, 0.4) is 0 Å². The fraction of sp³-hybridized carbons (Fsp3) is 0.600. The third kappa shape index (κ3) is 3.40. The molecule has 0 aliphatic heterocycles. The normalized spacial score (nSPS) is 12.6. The molecule has 0 saturated carbocycles. The highest BCUT2D eigenvalue weighted by molar-refractivity contribution is 5.33. The van der Waals surface area contributed by atoms with Crippen LogP contribution in [0.4, 0.5) is 5.82 Å². The van der Waals surface area contributed by atoms with Crippen LogP contribution in [0.25, 0.3) is 0 Å². The Morgan fingerprint density at radius 1 is 1.30 bits per heavy atom. The van der Waals surface area contributed by atoms with Gasteiger partial charge in [-0.2, -0.15) is 10.2 Å². The van der Waals surface area contributed by atoms with Gasteiger partial charge < -0.3 is 5.32 Å². The average molecular weight is 275 g/mol. The SMILES string of the molecule is CCCn1nc(C)cc1CNc1ccn([C@@H](C)CC)n1. The zero-order valence-corrected chi connectivity index (χ0v) is 12.9. The molecule has 0 spiro atoms. The van der Waals surface area contributed by atoms with Gasteiger partial charge in [0.15, 0.2) is 0 Å². The Bertz CT molecular complexity index is 540. The van der Waals surface area contributed by atoms with E-state index in [4.69, 9.17) is 0 Å². The van der Waals surface area contributed by atoms with Crippen molar-refractivity contribution in [3.05, 3.63) is 29.7 Å². The van der Waals surface area contributed by atoms with Gasteiger partial charge in [-0.25, -0.2) is 0 Å². The maximum atomic E-state index is 4.55. The van der Waals surface area contributed by atoms with Crippen molar-refractivity contribution in [2.24, 2.45) is 0 Å². The maximum absolute atomic E-state index is 4.55. The molecule has 20 heavy (non-hydrogen) atoms. The van der Waals surface area contributed by atoms with E-state index in [0.717, 1.165) is 37.4 Å². The fourth-order valence-electron chi connectivity index (χ4n) is 2.19. The lowest BCUT2D eigenvalue weighted by Gasteiger charge is -2.09. The van der Waals surface area contributed by atoms with Crippen molar-refractivity contribution in [3.8, 4) is 0 Å². The summed E-state index contributed by atoms with van der Waals surface area (Å²) in [7, 11) is 0. The van der Waals surface area contributed by atoms with Gasteiger partial charge in [0, 0.05) is 24.8 Å². The van der Waals surface area contributed by atoms with E-state index in [9.17, 15) is 0 Å². The second-order valence-electron chi connectivity index (χ2n) is 5.29. The number of aromatic nitrogens is 4. The van der Waals surface area contributed by atoms with Crippen LogP contribution in [-0.2, 0) is 13.1 Å². The molecule has 0 unspecified atom stereocenters. The molecule has 0 aromatic carbocycles. The number of nitrogens with zero attached hydrogens (tertiary/aromatic N) is 4. The van der Waals surface area contributed by atoms with Crippen LogP contribution >= 0.6 is 0 Å². The summed E-state index contributed by atoms with van der Waals surface area (Å²) < 4.78 is 4.09. The van der Waals surface area contributed by atoms with Gasteiger partial charge in [0.25, 0.3) is 0 Å². The van der Waals surface area contributed by atoms with Gasteiger partial charge in [-0.05, 0) is 32.8 Å². The molecule has 5 heteroatoms. The summed E-state index contributed by atoms with van der Waals surface area (Å²) >= 11 is 0. The molecule has 2 aromatic heterocycles. The quantitative estimate of drug-likeness (QED) is 0.842. The van der Waals surface area contributed by atoms with Crippen LogP contribution in [0.5, 0.6) is 0 Å². The van der Waals surface area contributed by atoms with Crippen LogP contribution in [0.15, 0.2) is 18.3 Å². The van der Waals surface area contributed by atoms with Crippen molar-refractivity contribution < 1.29 is 0 Å². The van der Waals surface area contributed by atoms with Crippen molar-refractivity contribution in [1.29, 1.82) is 0 Å². The molecular formula is C15H25N5. The van der Waals surface area contributed by atoms with Gasteiger partial charge in [-0.15, -0.1) is 0 Å². The zero-order valence-electron chi connectivity index (χ0n) is 12.9. The summed E-state index contributed by atoms with van der Waals surface area (Å²) in [4.78, 5) is 0. The first kappa shape index (κ1) is 14.6. The predicted octanol–water partition coefficient (Wildman–Crippen LogP) is 3.38. The number of hydrogen-bond acceptors (Lipinski definition) is 3. The highest BCUT2D eigenvalue weighted by Gasteiger charge is 2.07. The van der Waals surface area contributed by atoms with Gasteiger partial charge >= 0.3 is 0 Å². The van der Waals surface area contributed by atoms with Gasteiger partial charge in [0.05, 0.1) is 17.9 Å². The van der Waals surface area contributed by atoms with E-state index >= 15 is 0 Å². The zero-order chi connectivity index (χ0) is 14.5. The monoisotopic (exact) mass is 275 g/mol. The molecule has 0 amide bonds. The van der Waals surface area contributed by atoms with E-state index in [-0.39, 0.29) is 0 Å². The van der Waals surface area contributed by atoms with Crippen molar-refractivity contribution in [1.82, 2.24) is 19.6 Å². The van der Waals surface area contributed by atoms with Gasteiger partial charge in [0.2, 0.25) is 0 Å². The molecule has 2 rings (SSSR count). The Labute approximate surface area is 121 Å². The van der Waals surface area contributed by atoms with Gasteiger partial charge in [0.1, 0.15) is 5.82 Å². The van der Waals surface area contributed by atoms with E-state index in [1.54, 1.807) is 0 Å². The topological polar surface area (TPSA) is 47.7 Å². The molecule has 1 N–H and O–H groups in total. The molecule has 1 atom stereocenters. The number of aryl methyl sites for hydroxylation is 2. The van der Waals surface area contributed by atoms with Crippen LogP contribution in [0, 0.1) is 6.92 Å². The Kier molecular flexibility index (Phi) is 4.82. The van der Waals surface area contributed by atoms with Crippen LogP contribution < -0.4 is 5.32 Å². The highest BCUT2D eigenvalue weighted by Crippen LogP contribution is 2.13. The molecule has 0 saturated heterocycles. The standard InChI is InChI=1S/C15H25N5/c1-5-8-20-14(10-12(3)17-20)11-16-15-7-9-19(18-15)13(4)6-2/h7,9-10,13H,5-6,8,11H2,1-4H3,(H,16,18)/t13-/m0/s1. The summed E-state index contributed by atoms with van der Waals surface area (Å²) in [6, 6.07) is 4.60. The summed E-state index contributed by atoms with van der Waals surface area (Å²) in [5, 5.41) is 12.4. The highest BCUT2D eigenvalue weighted by atomic mass is 15.3. The molecule has 2 aromatic rings. The maximum Gasteiger partial charge on any atom is 0.148 e. The largest absolute Gasteiger partial charge is 0.363 e. The third-order valence-corrected chi connectivity index (χ3v) is 3.52. The predicted molar refractivity (Wildman–Crippen MR) is 81.8 cm³/mol. The van der Waals surface area contributed by atoms with Crippen LogP contribution in [0.2, 0.25) is 0 Å². The van der Waals surface area contributed by atoms with Gasteiger partial charge in [-0.3, -0.25) is 9.36 Å². The molecule has 5 nitrogen and oxygen atoms in total. The lowest BCUT2D eigenvalue weighted by molar-refractivity contribution is 0.479. The van der Waals surface area contributed by atoms with Crippen molar-refractivity contribution in [3.63, 3.8) is 0 Å². The lowest BCUT2D eigenvalue weighted by atomic mass is 10.3. The summed E-state index contributed by atoms with van der Waals surface area (Å²) in [5.41, 5.74) is 2.28. The van der Waals surface area contributed by atoms with Crippen molar-refractivity contribution >= 4 is 5.82 Å². The minimum Gasteiger partial charge on any atom is -0.363 e. The van der Waals surface area contributed by atoms with Crippen LogP contribution in [-0.4, -0.2) is 19.6 Å². The second-order valence-corrected chi connectivity index (χ2v) is 5.29. The Balaban J connectivity index is 1.99. The lowest BCUT2D eigenvalue weighted by Crippen LogP contribution is -2.10. The Morgan fingerprint density at radius 3 is 2.80 bits per heavy atom. The second kappa shape index (κ2) is 6.59. The summed E-state index contributed by atoms with van der Waals surface area (Å²) in [6.07, 6.45) is 4.21. The van der Waals surface area contributed by atoms with E-state index in [2.05, 4.69) is 47.0 Å². The molecule has 2 heterocycles. The number of anilines is 1. The number of rotatable bonds is 7. The fourth-order valence-corrected chi connectivity index (χ4v) is 2.19. The smallest absolute Gasteiger partial charge is 0.148 e. The third-order valence-electron chi connectivity index (χ3n) is 3.52. The van der Waals surface area contributed by atoms with E-state index < -0.39 is 0 Å². The molecule has 110 valence electrons. The van der Waals surface area contributed by atoms with E-state index in [0.29, 0.717) is 6.04 Å². The molecule has 0 bridgehead atoms. The van der Waals surface area contributed by atoms with Crippen LogP contribution in [0.1, 0.15) is 51.0 Å². The first-order valence-corrected chi connectivity index (χ1v) is 7.46. The van der Waals surface area contributed by atoms with E-state index in [1.807, 2.05) is 23.9 Å². The van der Waals surface area contributed by atoms with Crippen molar-refractivity contribution in [2.45, 2.75) is 59.7 Å². The number of nitrogens with one attached hydrogen (secondary N) is 1. The first-order chi connectivity index (χ1) is 9.63. The summed E-state index contributed by atoms with van der Waals surface area (Å²) in [5.74, 6) is 0.923. The van der Waals surface area contributed by atoms with Gasteiger partial charge in [-0.1, -0.05) is 13.8 Å². The average Bonchev–Trinajstić information content (AvgIpc) is 3.03. The number of hydrogen-bond donors (Lipinski definition) is 1. The molecule has 0 radical (unpaired) electrons. The first-order valence-electron chi connectivity index (χ1n) is 7.46. The Morgan fingerprint density at radius 2 is 2.10 bits per heavy atom. The summed E-state index contributed by atoms with van der Waals surface area (Å²) in [6.45, 7) is 10.3.